The molecule has 0 bridgehead atoms. The normalized spacial score (nSPS) is 16.3. The number of hydrogen-bond acceptors (Lipinski definition) is 2. The Bertz CT molecular complexity index is 342. The average molecular weight is 217 g/mol. The third kappa shape index (κ3) is 2.35. The first-order chi connectivity index (χ1) is 7.81. The lowest BCUT2D eigenvalue weighted by Crippen LogP contribution is -2.48. The Kier molecular flexibility index (Phi) is 3.44. The van der Waals surface area contributed by atoms with Crippen LogP contribution >= 0.6 is 0 Å². The van der Waals surface area contributed by atoms with Crippen LogP contribution in [0.25, 0.3) is 0 Å². The molecule has 0 aliphatic carbocycles. The quantitative estimate of drug-likeness (QED) is 0.750. The van der Waals surface area contributed by atoms with Gasteiger partial charge in [-0.25, -0.2) is 0 Å². The van der Waals surface area contributed by atoms with Crippen molar-refractivity contribution in [1.82, 2.24) is 4.90 Å². The van der Waals surface area contributed by atoms with Gasteiger partial charge in [-0.2, -0.15) is 0 Å². The van der Waals surface area contributed by atoms with Gasteiger partial charge in [0.15, 0.2) is 0 Å². The second kappa shape index (κ2) is 5.01. The number of carbonyl (C=O) groups excluding carboxylic acids is 1. The first kappa shape index (κ1) is 11.0. The first-order valence-electron chi connectivity index (χ1n) is 5.69. The van der Waals surface area contributed by atoms with Crippen LogP contribution in [-0.2, 0) is 4.79 Å². The highest BCUT2D eigenvalue weighted by Gasteiger charge is 2.19. The molecular weight excluding hydrogens is 200 g/mol. The summed E-state index contributed by atoms with van der Waals surface area (Å²) < 4.78 is 0. The number of hydrogen-bond donors (Lipinski definition) is 0. The van der Waals surface area contributed by atoms with Crippen molar-refractivity contribution < 1.29 is 4.79 Å². The predicted molar refractivity (Wildman–Crippen MR) is 65.2 cm³/mol. The summed E-state index contributed by atoms with van der Waals surface area (Å²) in [6, 6.07) is 10.3. The molecule has 1 aromatic rings. The van der Waals surface area contributed by atoms with Crippen molar-refractivity contribution in [2.75, 3.05) is 31.1 Å². The molecule has 0 spiro atoms. The molecule has 3 nitrogen and oxygen atoms in total. The Morgan fingerprint density at radius 1 is 1.12 bits per heavy atom. The maximum absolute atomic E-state index is 11.5. The summed E-state index contributed by atoms with van der Waals surface area (Å²) in [6.45, 7) is 5.27. The Hall–Kier alpha value is -1.51. The van der Waals surface area contributed by atoms with Gasteiger partial charge in [-0.1, -0.05) is 25.1 Å². The number of benzene rings is 1. The van der Waals surface area contributed by atoms with Gasteiger partial charge < -0.3 is 9.80 Å². The minimum Gasteiger partial charge on any atom is -0.368 e. The zero-order chi connectivity index (χ0) is 11.4. The summed E-state index contributed by atoms with van der Waals surface area (Å²) >= 11 is 0. The smallest absolute Gasteiger partial charge is 0.226 e. The molecule has 3 heteroatoms. The summed E-state index contributed by atoms with van der Waals surface area (Å²) in [5.74, 6) is 0.146. The van der Waals surface area contributed by atoms with E-state index >= 15 is 0 Å². The van der Waals surface area contributed by atoms with Crippen LogP contribution in [-0.4, -0.2) is 37.0 Å². The van der Waals surface area contributed by atoms with Gasteiger partial charge in [0.25, 0.3) is 0 Å². The predicted octanol–water partition coefficient (Wildman–Crippen LogP) is 1.56. The van der Waals surface area contributed by atoms with Crippen LogP contribution in [0, 0.1) is 6.42 Å². The molecule has 2 rings (SSSR count). The Morgan fingerprint density at radius 2 is 1.75 bits per heavy atom. The second-order valence-corrected chi connectivity index (χ2v) is 3.94. The van der Waals surface area contributed by atoms with Crippen molar-refractivity contribution in [3.8, 4) is 0 Å². The number of amides is 1. The lowest BCUT2D eigenvalue weighted by molar-refractivity contribution is -0.127. The van der Waals surface area contributed by atoms with Crippen LogP contribution in [0.2, 0.25) is 0 Å². The van der Waals surface area contributed by atoms with Gasteiger partial charge in [0.2, 0.25) is 5.91 Å². The molecule has 1 saturated heterocycles. The Balaban J connectivity index is 1.93. The molecular formula is C13H17N2O. The maximum Gasteiger partial charge on any atom is 0.226 e. The number of carbonyl (C=O) groups is 1. The van der Waals surface area contributed by atoms with Crippen LogP contribution in [0.5, 0.6) is 0 Å². The summed E-state index contributed by atoms with van der Waals surface area (Å²) in [5, 5.41) is 0. The molecule has 16 heavy (non-hydrogen) atoms. The van der Waals surface area contributed by atoms with E-state index < -0.39 is 0 Å². The van der Waals surface area contributed by atoms with Gasteiger partial charge in [0.05, 0.1) is 0 Å². The van der Waals surface area contributed by atoms with Crippen molar-refractivity contribution in [1.29, 1.82) is 0 Å². The van der Waals surface area contributed by atoms with Gasteiger partial charge in [-0.3, -0.25) is 4.79 Å². The van der Waals surface area contributed by atoms with Crippen LogP contribution in [0.1, 0.15) is 6.92 Å². The largest absolute Gasteiger partial charge is 0.368 e. The summed E-state index contributed by atoms with van der Waals surface area (Å²) in [4.78, 5) is 15.7. The van der Waals surface area contributed by atoms with Crippen molar-refractivity contribution >= 4 is 11.6 Å². The molecule has 0 N–H and O–H groups in total. The van der Waals surface area contributed by atoms with E-state index in [9.17, 15) is 4.79 Å². The van der Waals surface area contributed by atoms with Gasteiger partial charge >= 0.3 is 0 Å². The highest BCUT2D eigenvalue weighted by Crippen LogP contribution is 2.15. The number of anilines is 1. The topological polar surface area (TPSA) is 23.6 Å². The average Bonchev–Trinajstić information content (AvgIpc) is 2.39. The van der Waals surface area contributed by atoms with E-state index in [1.165, 1.54) is 5.69 Å². The SMILES string of the molecule is C[CH]C(=O)N1CCN(c2ccccc2)CC1. The molecule has 0 unspecified atom stereocenters. The van der Waals surface area contributed by atoms with Crippen molar-refractivity contribution in [2.45, 2.75) is 6.92 Å². The lowest BCUT2D eigenvalue weighted by atomic mass is 10.2. The van der Waals surface area contributed by atoms with E-state index in [1.54, 1.807) is 13.3 Å². The number of rotatable bonds is 2. The Labute approximate surface area is 96.7 Å². The van der Waals surface area contributed by atoms with E-state index in [4.69, 9.17) is 0 Å². The van der Waals surface area contributed by atoms with E-state index in [2.05, 4.69) is 17.0 Å². The van der Waals surface area contributed by atoms with Crippen LogP contribution in [0.4, 0.5) is 5.69 Å². The second-order valence-electron chi connectivity index (χ2n) is 3.94. The van der Waals surface area contributed by atoms with Crippen molar-refractivity contribution in [3.05, 3.63) is 36.8 Å². The standard InChI is InChI=1S/C13H17N2O/c1-2-13(16)15-10-8-14(9-11-15)12-6-4-3-5-7-12/h2-7H,8-11H2,1H3. The minimum absolute atomic E-state index is 0.146. The fourth-order valence-corrected chi connectivity index (χ4v) is 2.01. The molecule has 1 aromatic carbocycles. The van der Waals surface area contributed by atoms with Gasteiger partial charge in [-0.05, 0) is 12.1 Å². The van der Waals surface area contributed by atoms with Crippen LogP contribution in [0.15, 0.2) is 30.3 Å². The molecule has 1 aliphatic rings. The van der Waals surface area contributed by atoms with E-state index in [1.807, 2.05) is 23.1 Å². The molecule has 0 aromatic heterocycles. The highest BCUT2D eigenvalue weighted by atomic mass is 16.2. The maximum atomic E-state index is 11.5. The molecule has 1 amide bonds. The third-order valence-electron chi connectivity index (χ3n) is 2.96. The fourth-order valence-electron chi connectivity index (χ4n) is 2.01. The zero-order valence-corrected chi connectivity index (χ0v) is 9.60. The monoisotopic (exact) mass is 217 g/mol. The number of piperazine rings is 1. The minimum atomic E-state index is 0.146. The molecule has 0 saturated carbocycles. The van der Waals surface area contributed by atoms with E-state index in [0.717, 1.165) is 26.2 Å². The van der Waals surface area contributed by atoms with Crippen LogP contribution < -0.4 is 4.90 Å². The summed E-state index contributed by atoms with van der Waals surface area (Å²) in [6.07, 6.45) is 1.64. The fraction of sp³-hybridized carbons (Fsp3) is 0.385. The van der Waals surface area contributed by atoms with E-state index in [0.29, 0.717) is 0 Å². The molecule has 1 fully saturated rings. The van der Waals surface area contributed by atoms with Crippen molar-refractivity contribution in [3.63, 3.8) is 0 Å². The number of nitrogens with zero attached hydrogens (tertiary/aromatic N) is 2. The highest BCUT2D eigenvalue weighted by molar-refractivity contribution is 5.84. The van der Waals surface area contributed by atoms with Gasteiger partial charge in [-0.15, -0.1) is 0 Å². The Morgan fingerprint density at radius 3 is 2.31 bits per heavy atom. The van der Waals surface area contributed by atoms with Crippen LogP contribution in [0.3, 0.4) is 0 Å². The van der Waals surface area contributed by atoms with Crippen molar-refractivity contribution in [2.24, 2.45) is 0 Å². The first-order valence-corrected chi connectivity index (χ1v) is 5.69. The van der Waals surface area contributed by atoms with Gasteiger partial charge in [0.1, 0.15) is 0 Å². The molecule has 1 heterocycles. The molecule has 1 radical (unpaired) electrons. The lowest BCUT2D eigenvalue weighted by Gasteiger charge is -2.36. The van der Waals surface area contributed by atoms with E-state index in [-0.39, 0.29) is 5.91 Å². The summed E-state index contributed by atoms with van der Waals surface area (Å²) in [5.41, 5.74) is 1.25. The molecule has 1 aliphatic heterocycles. The zero-order valence-electron chi connectivity index (χ0n) is 9.60. The number of para-hydroxylation sites is 1. The van der Waals surface area contributed by atoms with Gasteiger partial charge in [0, 0.05) is 38.3 Å². The summed E-state index contributed by atoms with van der Waals surface area (Å²) in [7, 11) is 0. The molecule has 0 atom stereocenters. The molecule has 85 valence electrons. The third-order valence-corrected chi connectivity index (χ3v) is 2.96.